The highest BCUT2D eigenvalue weighted by atomic mass is 16.5. The van der Waals surface area contributed by atoms with Crippen molar-refractivity contribution in [1.82, 2.24) is 9.97 Å². The number of pyridine rings is 2. The lowest BCUT2D eigenvalue weighted by molar-refractivity contribution is 0.399. The Morgan fingerprint density at radius 1 is 1.10 bits per heavy atom. The number of hydrogen-bond donors (Lipinski definition) is 1. The Hall–Kier alpha value is -2.62. The van der Waals surface area contributed by atoms with Crippen LogP contribution in [0.2, 0.25) is 0 Å². The second-order valence-corrected chi connectivity index (χ2v) is 4.43. The highest BCUT2D eigenvalue weighted by Gasteiger charge is 2.04. The number of nitrogens with zero attached hydrogens (tertiary/aromatic N) is 2. The molecule has 0 aliphatic carbocycles. The molecule has 3 aromatic rings. The summed E-state index contributed by atoms with van der Waals surface area (Å²) in [4.78, 5) is 8.33. The molecule has 0 atom stereocenters. The molecule has 0 saturated carbocycles. The second kappa shape index (κ2) is 5.57. The van der Waals surface area contributed by atoms with Crippen LogP contribution in [-0.2, 0) is 6.54 Å². The summed E-state index contributed by atoms with van der Waals surface area (Å²) in [7, 11) is 1.62. The fraction of sp³-hybridized carbons (Fsp3) is 0.125. The number of aromatic nitrogens is 2. The van der Waals surface area contributed by atoms with E-state index < -0.39 is 0 Å². The van der Waals surface area contributed by atoms with Crippen LogP contribution in [0.1, 0.15) is 5.56 Å². The number of methoxy groups -OCH3 is 1. The highest BCUT2D eigenvalue weighted by molar-refractivity contribution is 5.85. The quantitative estimate of drug-likeness (QED) is 0.786. The summed E-state index contributed by atoms with van der Waals surface area (Å²) in [5, 5.41) is 5.71. The molecule has 2 heterocycles. The van der Waals surface area contributed by atoms with Crippen LogP contribution in [0.5, 0.6) is 5.88 Å². The monoisotopic (exact) mass is 265 g/mol. The van der Waals surface area contributed by atoms with Crippen molar-refractivity contribution in [2.24, 2.45) is 0 Å². The van der Waals surface area contributed by atoms with E-state index in [0.717, 1.165) is 11.1 Å². The van der Waals surface area contributed by atoms with E-state index in [0.29, 0.717) is 12.4 Å². The van der Waals surface area contributed by atoms with Crippen LogP contribution in [0, 0.1) is 0 Å². The van der Waals surface area contributed by atoms with Crippen molar-refractivity contribution < 1.29 is 4.74 Å². The number of anilines is 1. The first-order chi connectivity index (χ1) is 9.88. The molecule has 0 radical (unpaired) electrons. The summed E-state index contributed by atoms with van der Waals surface area (Å²) in [6, 6.07) is 12.1. The van der Waals surface area contributed by atoms with Gasteiger partial charge in [0, 0.05) is 30.5 Å². The molecular weight excluding hydrogens is 250 g/mol. The summed E-state index contributed by atoms with van der Waals surface area (Å²) >= 11 is 0. The molecule has 1 aromatic carbocycles. The minimum atomic E-state index is 0.606. The first kappa shape index (κ1) is 12.4. The Balaban J connectivity index is 1.87. The summed E-state index contributed by atoms with van der Waals surface area (Å²) in [5.74, 6) is 0.606. The average molecular weight is 265 g/mol. The molecule has 0 amide bonds. The Labute approximate surface area is 117 Å². The summed E-state index contributed by atoms with van der Waals surface area (Å²) in [6.45, 7) is 0.712. The van der Waals surface area contributed by atoms with Crippen molar-refractivity contribution in [2.75, 3.05) is 12.4 Å². The first-order valence-electron chi connectivity index (χ1n) is 6.43. The van der Waals surface area contributed by atoms with Crippen LogP contribution in [0.25, 0.3) is 10.8 Å². The van der Waals surface area contributed by atoms with E-state index in [1.54, 1.807) is 13.3 Å². The fourth-order valence-electron chi connectivity index (χ4n) is 2.22. The molecule has 4 heteroatoms. The van der Waals surface area contributed by atoms with E-state index in [1.807, 2.05) is 36.7 Å². The third kappa shape index (κ3) is 2.40. The molecular formula is C16H15N3O. The van der Waals surface area contributed by atoms with Crippen LogP contribution < -0.4 is 10.1 Å². The number of hydrogen-bond acceptors (Lipinski definition) is 4. The number of benzene rings is 1. The van der Waals surface area contributed by atoms with Gasteiger partial charge in [0.05, 0.1) is 12.8 Å². The topological polar surface area (TPSA) is 47.0 Å². The number of ether oxygens (including phenoxy) is 1. The zero-order chi connectivity index (χ0) is 13.8. The summed E-state index contributed by atoms with van der Waals surface area (Å²) in [6.07, 6.45) is 5.41. The van der Waals surface area contributed by atoms with Gasteiger partial charge in [0.15, 0.2) is 0 Å². The van der Waals surface area contributed by atoms with Gasteiger partial charge in [-0.05, 0) is 29.1 Å². The number of nitrogens with one attached hydrogen (secondary N) is 1. The van der Waals surface area contributed by atoms with E-state index in [9.17, 15) is 0 Å². The molecule has 0 fully saturated rings. The molecule has 20 heavy (non-hydrogen) atoms. The van der Waals surface area contributed by atoms with Gasteiger partial charge in [0.2, 0.25) is 5.88 Å². The lowest BCUT2D eigenvalue weighted by atomic mass is 10.1. The molecule has 0 bridgehead atoms. The van der Waals surface area contributed by atoms with E-state index in [4.69, 9.17) is 4.74 Å². The predicted molar refractivity (Wildman–Crippen MR) is 79.9 cm³/mol. The van der Waals surface area contributed by atoms with Crippen molar-refractivity contribution in [3.05, 3.63) is 60.6 Å². The molecule has 1 N–H and O–H groups in total. The van der Waals surface area contributed by atoms with E-state index in [2.05, 4.69) is 27.4 Å². The maximum Gasteiger partial charge on any atom is 0.237 e. The molecule has 0 aliphatic heterocycles. The normalized spacial score (nSPS) is 10.4. The molecule has 100 valence electrons. The average Bonchev–Trinajstić information content (AvgIpc) is 2.53. The van der Waals surface area contributed by atoms with Gasteiger partial charge in [0.1, 0.15) is 0 Å². The van der Waals surface area contributed by atoms with E-state index >= 15 is 0 Å². The standard InChI is InChI=1S/C16H15N3O/c1-20-16-15(6-3-8-18-16)19-11-13-5-2-4-12-10-17-9-7-14(12)13/h2-10,19H,11H2,1H3. The molecule has 0 saturated heterocycles. The van der Waals surface area contributed by atoms with Gasteiger partial charge < -0.3 is 10.1 Å². The Morgan fingerprint density at radius 3 is 2.95 bits per heavy atom. The SMILES string of the molecule is COc1ncccc1NCc1cccc2cnccc12. The van der Waals surface area contributed by atoms with Crippen LogP contribution in [0.3, 0.4) is 0 Å². The van der Waals surface area contributed by atoms with Crippen molar-refractivity contribution in [3.63, 3.8) is 0 Å². The number of rotatable bonds is 4. The van der Waals surface area contributed by atoms with Crippen molar-refractivity contribution in [3.8, 4) is 5.88 Å². The highest BCUT2D eigenvalue weighted by Crippen LogP contribution is 2.23. The first-order valence-corrected chi connectivity index (χ1v) is 6.43. The lowest BCUT2D eigenvalue weighted by Gasteiger charge is -2.11. The second-order valence-electron chi connectivity index (χ2n) is 4.43. The van der Waals surface area contributed by atoms with E-state index in [1.165, 1.54) is 10.9 Å². The van der Waals surface area contributed by atoms with Crippen molar-refractivity contribution >= 4 is 16.5 Å². The van der Waals surface area contributed by atoms with Gasteiger partial charge in [-0.2, -0.15) is 0 Å². The van der Waals surface area contributed by atoms with Gasteiger partial charge in [0.25, 0.3) is 0 Å². The lowest BCUT2D eigenvalue weighted by Crippen LogP contribution is -2.02. The number of fused-ring (bicyclic) bond motifs is 1. The fourth-order valence-corrected chi connectivity index (χ4v) is 2.22. The maximum atomic E-state index is 5.24. The minimum Gasteiger partial charge on any atom is -0.480 e. The van der Waals surface area contributed by atoms with Crippen LogP contribution >= 0.6 is 0 Å². The van der Waals surface area contributed by atoms with Gasteiger partial charge in [-0.3, -0.25) is 4.98 Å². The third-order valence-corrected chi connectivity index (χ3v) is 3.20. The van der Waals surface area contributed by atoms with Crippen molar-refractivity contribution in [2.45, 2.75) is 6.54 Å². The third-order valence-electron chi connectivity index (χ3n) is 3.20. The maximum absolute atomic E-state index is 5.24. The molecule has 3 rings (SSSR count). The Bertz CT molecular complexity index is 722. The van der Waals surface area contributed by atoms with Crippen LogP contribution in [0.4, 0.5) is 5.69 Å². The zero-order valence-corrected chi connectivity index (χ0v) is 11.2. The molecule has 0 aliphatic rings. The predicted octanol–water partition coefficient (Wildman–Crippen LogP) is 3.25. The Morgan fingerprint density at radius 2 is 2.05 bits per heavy atom. The van der Waals surface area contributed by atoms with Gasteiger partial charge in [-0.15, -0.1) is 0 Å². The molecule has 0 spiro atoms. The summed E-state index contributed by atoms with van der Waals surface area (Å²) in [5.41, 5.74) is 2.11. The zero-order valence-electron chi connectivity index (χ0n) is 11.2. The molecule has 2 aromatic heterocycles. The Kier molecular flexibility index (Phi) is 3.46. The van der Waals surface area contributed by atoms with Gasteiger partial charge in [-0.25, -0.2) is 4.98 Å². The molecule has 0 unspecified atom stereocenters. The minimum absolute atomic E-state index is 0.606. The van der Waals surface area contributed by atoms with Crippen LogP contribution in [-0.4, -0.2) is 17.1 Å². The largest absolute Gasteiger partial charge is 0.480 e. The van der Waals surface area contributed by atoms with Gasteiger partial charge >= 0.3 is 0 Å². The van der Waals surface area contributed by atoms with Gasteiger partial charge in [-0.1, -0.05) is 18.2 Å². The summed E-state index contributed by atoms with van der Waals surface area (Å²) < 4.78 is 5.24. The van der Waals surface area contributed by atoms with E-state index in [-0.39, 0.29) is 0 Å². The smallest absolute Gasteiger partial charge is 0.237 e. The van der Waals surface area contributed by atoms with Crippen molar-refractivity contribution in [1.29, 1.82) is 0 Å². The van der Waals surface area contributed by atoms with Crippen LogP contribution in [0.15, 0.2) is 55.0 Å². The molecule has 4 nitrogen and oxygen atoms in total.